The number of aromatic nitrogens is 3. The van der Waals surface area contributed by atoms with Crippen LogP contribution in [0.1, 0.15) is 47.2 Å². The molecule has 0 radical (unpaired) electrons. The molecule has 0 aromatic carbocycles. The van der Waals surface area contributed by atoms with Crippen LogP contribution in [-0.2, 0) is 11.3 Å². The molecule has 2 aliphatic heterocycles. The fourth-order valence-electron chi connectivity index (χ4n) is 5.35. The van der Waals surface area contributed by atoms with Crippen molar-refractivity contribution in [3.05, 3.63) is 36.1 Å². The lowest BCUT2D eigenvalue weighted by Crippen LogP contribution is -2.44. The van der Waals surface area contributed by atoms with Crippen LogP contribution in [0.15, 0.2) is 30.4 Å². The van der Waals surface area contributed by atoms with Crippen LogP contribution in [0.5, 0.6) is 0 Å². The molecule has 170 valence electrons. The zero-order valence-corrected chi connectivity index (χ0v) is 22.8. The lowest BCUT2D eigenvalue weighted by Gasteiger charge is -2.38. The summed E-state index contributed by atoms with van der Waals surface area (Å²) < 4.78 is 7.84. The van der Waals surface area contributed by atoms with E-state index in [-0.39, 0.29) is 0 Å². The number of alkyl halides is 1. The van der Waals surface area contributed by atoms with Crippen molar-refractivity contribution in [2.24, 2.45) is 0 Å². The zero-order chi connectivity index (χ0) is 23.3. The minimum absolute atomic E-state index is 0.498. The zero-order valence-electron chi connectivity index (χ0n) is 19.7. The second kappa shape index (κ2) is 8.41. The predicted molar refractivity (Wildman–Crippen MR) is 143 cm³/mol. The van der Waals surface area contributed by atoms with Crippen molar-refractivity contribution in [3.8, 4) is 11.5 Å². The first-order valence-electron chi connectivity index (χ1n) is 11.3. The lowest BCUT2D eigenvalue weighted by atomic mass is 10.1. The highest BCUT2D eigenvalue weighted by molar-refractivity contribution is 14.1. The topological polar surface area (TPSA) is 78.0 Å². The predicted octanol–water partition coefficient (Wildman–Crippen LogP) is 5.22. The van der Waals surface area contributed by atoms with Gasteiger partial charge in [0.1, 0.15) is 38.2 Å². The average molecular weight is 562 g/mol. The number of nitrogen functional groups attached to an aromatic ring is 1. The molecule has 0 fully saturated rings. The number of halogens is 1. The minimum Gasteiger partial charge on any atom is -0.491 e. The van der Waals surface area contributed by atoms with Gasteiger partial charge in [-0.15, -0.1) is 5.54 Å². The molecule has 3 N–H and O–H groups in total. The van der Waals surface area contributed by atoms with E-state index < -0.39 is 11.6 Å². The summed E-state index contributed by atoms with van der Waals surface area (Å²) in [6.07, 6.45) is 5.67. The monoisotopic (exact) mass is 561 g/mol. The van der Waals surface area contributed by atoms with E-state index in [1.165, 1.54) is 6.33 Å². The van der Waals surface area contributed by atoms with E-state index in [1.54, 1.807) is 0 Å². The van der Waals surface area contributed by atoms with Crippen LogP contribution >= 0.6 is 22.6 Å². The third-order valence-electron chi connectivity index (χ3n) is 6.92. The molecule has 0 amide bonds. The summed E-state index contributed by atoms with van der Waals surface area (Å²) in [6, 6.07) is 2.06. The standard InChI is InChI=1S/C24H32IN5OSi/c1-15(2)32(16(3)4,17(5)6)10-7-24(25)12-21-19(13-29-24)20-11-18-22(26)27-14-28-23(18)30(20)8-9-31-21/h11-17,29H,8-9H2,1-6H3,(H2,26,27,28). The smallest absolute Gasteiger partial charge is 0.172 e. The highest BCUT2D eigenvalue weighted by Gasteiger charge is 2.42. The number of allylic oxidation sites excluding steroid dienone is 1. The van der Waals surface area contributed by atoms with E-state index in [2.05, 4.69) is 108 Å². The SMILES string of the molecule is CC(C)[Si](C#CC1(I)C=C2OCCn3c(cc4c(N)ncnc43)C2=CN1)(C(C)C)C(C)C. The first-order chi connectivity index (χ1) is 15.1. The Morgan fingerprint density at radius 1 is 1.19 bits per heavy atom. The summed E-state index contributed by atoms with van der Waals surface area (Å²) in [7, 11) is -1.83. The Hall–Kier alpha value is -1.99. The highest BCUT2D eigenvalue weighted by atomic mass is 127. The Morgan fingerprint density at radius 2 is 1.88 bits per heavy atom. The van der Waals surface area contributed by atoms with Gasteiger partial charge in [-0.3, -0.25) is 0 Å². The van der Waals surface area contributed by atoms with Crippen LogP contribution < -0.4 is 11.1 Å². The Balaban J connectivity index is 1.75. The molecule has 6 nitrogen and oxygen atoms in total. The van der Waals surface area contributed by atoms with Gasteiger partial charge in [0.2, 0.25) is 0 Å². The van der Waals surface area contributed by atoms with E-state index in [1.807, 2.05) is 6.20 Å². The van der Waals surface area contributed by atoms with Crippen molar-refractivity contribution in [1.82, 2.24) is 19.9 Å². The number of nitrogens with two attached hydrogens (primary N) is 1. The van der Waals surface area contributed by atoms with Crippen molar-refractivity contribution in [2.45, 2.75) is 68.3 Å². The molecule has 1 atom stereocenters. The normalized spacial score (nSPS) is 20.6. The molecule has 2 aromatic rings. The molecule has 0 bridgehead atoms. The number of nitrogens with one attached hydrogen (secondary N) is 1. The quantitative estimate of drug-likeness (QED) is 0.177. The first-order valence-corrected chi connectivity index (χ1v) is 14.6. The van der Waals surface area contributed by atoms with E-state index in [9.17, 15) is 0 Å². The molecule has 4 rings (SSSR count). The average Bonchev–Trinajstić information content (AvgIpc) is 2.98. The van der Waals surface area contributed by atoms with Crippen LogP contribution in [0.25, 0.3) is 16.6 Å². The minimum atomic E-state index is -1.83. The fraction of sp³-hybridized carbons (Fsp3) is 0.500. The van der Waals surface area contributed by atoms with Gasteiger partial charge in [-0.05, 0) is 45.3 Å². The molecule has 0 aliphatic carbocycles. The highest BCUT2D eigenvalue weighted by Crippen LogP contribution is 2.42. The maximum atomic E-state index is 6.19. The van der Waals surface area contributed by atoms with Gasteiger partial charge in [-0.25, -0.2) is 9.97 Å². The maximum Gasteiger partial charge on any atom is 0.172 e. The van der Waals surface area contributed by atoms with Gasteiger partial charge in [-0.1, -0.05) is 47.5 Å². The van der Waals surface area contributed by atoms with E-state index in [0.29, 0.717) is 35.6 Å². The molecule has 0 spiro atoms. The summed E-state index contributed by atoms with van der Waals surface area (Å²) in [6.45, 7) is 15.3. The number of dihydropyridines is 1. The Labute approximate surface area is 205 Å². The number of nitrogens with zero attached hydrogens (tertiary/aromatic N) is 3. The van der Waals surface area contributed by atoms with Crippen LogP contribution in [0.4, 0.5) is 5.82 Å². The summed E-state index contributed by atoms with van der Waals surface area (Å²) in [5, 5.41) is 4.42. The number of fused-ring (bicyclic) bond motifs is 5. The van der Waals surface area contributed by atoms with Gasteiger partial charge in [0.25, 0.3) is 0 Å². The Kier molecular flexibility index (Phi) is 6.09. The van der Waals surface area contributed by atoms with Gasteiger partial charge in [0.05, 0.1) is 23.2 Å². The summed E-state index contributed by atoms with van der Waals surface area (Å²) in [5.41, 5.74) is 14.6. The van der Waals surface area contributed by atoms with Crippen LogP contribution in [0.3, 0.4) is 0 Å². The van der Waals surface area contributed by atoms with Crippen molar-refractivity contribution < 1.29 is 4.74 Å². The first kappa shape index (κ1) is 23.2. The second-order valence-electron chi connectivity index (χ2n) is 9.60. The maximum absolute atomic E-state index is 6.19. The van der Waals surface area contributed by atoms with Gasteiger partial charge >= 0.3 is 0 Å². The fourth-order valence-corrected chi connectivity index (χ4v) is 11.5. The number of ether oxygens (including phenoxy) is 1. The van der Waals surface area contributed by atoms with Crippen molar-refractivity contribution in [2.75, 3.05) is 12.3 Å². The van der Waals surface area contributed by atoms with Crippen LogP contribution in [-0.4, -0.2) is 32.8 Å². The largest absolute Gasteiger partial charge is 0.491 e. The molecule has 0 saturated heterocycles. The molecule has 0 saturated carbocycles. The van der Waals surface area contributed by atoms with Gasteiger partial charge in [0.15, 0.2) is 3.55 Å². The lowest BCUT2D eigenvalue weighted by molar-refractivity contribution is 0.220. The van der Waals surface area contributed by atoms with Gasteiger partial charge in [-0.2, -0.15) is 0 Å². The van der Waals surface area contributed by atoms with Crippen LogP contribution in [0, 0.1) is 11.5 Å². The van der Waals surface area contributed by atoms with E-state index in [0.717, 1.165) is 28.1 Å². The summed E-state index contributed by atoms with van der Waals surface area (Å²) in [5.74, 6) is 4.98. The number of hydrogen-bond donors (Lipinski definition) is 2. The molecule has 1 unspecified atom stereocenters. The van der Waals surface area contributed by atoms with E-state index >= 15 is 0 Å². The number of hydrogen-bond acceptors (Lipinski definition) is 5. The van der Waals surface area contributed by atoms with Gasteiger partial charge < -0.3 is 20.4 Å². The molecule has 2 aliphatic rings. The molecular formula is C24H32IN5OSi. The Bertz CT molecular complexity index is 1150. The van der Waals surface area contributed by atoms with Crippen molar-refractivity contribution >= 4 is 53.1 Å². The third-order valence-corrected chi connectivity index (χ3v) is 14.1. The molecule has 2 aromatic heterocycles. The van der Waals surface area contributed by atoms with E-state index in [4.69, 9.17) is 10.5 Å². The summed E-state index contributed by atoms with van der Waals surface area (Å²) >= 11 is 2.41. The Morgan fingerprint density at radius 3 is 2.53 bits per heavy atom. The molecule has 4 heterocycles. The van der Waals surface area contributed by atoms with Crippen molar-refractivity contribution in [1.29, 1.82) is 0 Å². The third kappa shape index (κ3) is 3.73. The summed E-state index contributed by atoms with van der Waals surface area (Å²) in [4.78, 5) is 8.61. The number of rotatable bonds is 3. The van der Waals surface area contributed by atoms with Crippen molar-refractivity contribution in [3.63, 3.8) is 0 Å². The molecule has 8 heteroatoms. The van der Waals surface area contributed by atoms with Crippen LogP contribution in [0.2, 0.25) is 16.6 Å². The second-order valence-corrected chi connectivity index (χ2v) is 16.9. The van der Waals surface area contributed by atoms with Gasteiger partial charge in [0, 0.05) is 12.3 Å². The molecule has 32 heavy (non-hydrogen) atoms. The molecular weight excluding hydrogens is 529 g/mol. The number of anilines is 1.